The second-order valence-electron chi connectivity index (χ2n) is 18.8. The zero-order valence-electron chi connectivity index (χ0n) is 42.6. The second kappa shape index (κ2) is 30.2. The standard InChI is InChI=1S/C52H68N10O15/c1-29(2)44(61-45(69)34(53)24-30-10-5-3-6-11-30)50(74)58-37(25-32-15-17-33(64)18-16-32)47(71)60-39(28-63)48(72)57-35(20-22-43(67)68)46(70)55-27-42(66)56-36(19-21-41(54)65)51(75)62-23-9-14-40(62)49(73)59-38(52(76)77)26-31-12-7-4-8-13-31/h3-8,10-13,15-18,29,34-40,44,63-64H,9,14,19-28,53H2,1-2H3,(H2,54,65)(H,55,70)(H,56,66)(H,57,72)(H,58,74)(H,59,73)(H,60,71)(H,61,69)(H,67,68)(H,76,77)/t34-,35-,36-,37-,38-,39-,40-,44-/m0/s1. The number of phenols is 1. The molecule has 1 heterocycles. The molecule has 8 atom stereocenters. The Morgan fingerprint density at radius 1 is 0.610 bits per heavy atom. The van der Waals surface area contributed by atoms with Crippen molar-refractivity contribution in [1.82, 2.24) is 42.1 Å². The van der Waals surface area contributed by atoms with Crippen molar-refractivity contribution in [1.29, 1.82) is 0 Å². The largest absolute Gasteiger partial charge is 0.508 e. The Labute approximate surface area is 443 Å². The molecule has 9 amide bonds. The summed E-state index contributed by atoms with van der Waals surface area (Å²) in [7, 11) is 0. The number of aliphatic hydroxyl groups is 1. The van der Waals surface area contributed by atoms with Crippen molar-refractivity contribution in [3.05, 3.63) is 102 Å². The Bertz CT molecular complexity index is 2550. The normalized spacial score (nSPS) is 15.7. The first-order chi connectivity index (χ1) is 36.6. The number of benzene rings is 3. The van der Waals surface area contributed by atoms with E-state index >= 15 is 0 Å². The minimum absolute atomic E-state index is 0.0325. The number of carbonyl (C=O) groups excluding carboxylic acids is 9. The maximum atomic E-state index is 14.0. The van der Waals surface area contributed by atoms with E-state index in [1.54, 1.807) is 74.5 Å². The molecule has 25 nitrogen and oxygen atoms in total. The van der Waals surface area contributed by atoms with Gasteiger partial charge in [0.1, 0.15) is 48.0 Å². The van der Waals surface area contributed by atoms with Gasteiger partial charge < -0.3 is 74.0 Å². The van der Waals surface area contributed by atoms with Crippen LogP contribution in [0.2, 0.25) is 0 Å². The lowest BCUT2D eigenvalue weighted by molar-refractivity contribution is -0.145. The first kappa shape index (κ1) is 61.1. The third-order valence-corrected chi connectivity index (χ3v) is 12.5. The summed E-state index contributed by atoms with van der Waals surface area (Å²) < 4.78 is 0. The first-order valence-electron chi connectivity index (χ1n) is 24.9. The van der Waals surface area contributed by atoms with Crippen molar-refractivity contribution < 1.29 is 73.2 Å². The SMILES string of the molecule is CC(C)[C@H](NC(=O)[C@@H](N)Cc1ccccc1)C(=O)N[C@@H](Cc1ccc(O)cc1)C(=O)N[C@@H](CO)C(=O)N[C@@H](CCC(=O)O)C(=O)NCC(=O)N[C@@H](CCC(N)=O)C(=O)N1CCC[C@H]1C(=O)N[C@@H](Cc1ccccc1)C(=O)O. The summed E-state index contributed by atoms with van der Waals surface area (Å²) in [5.74, 6) is -11.5. The molecule has 25 heteroatoms. The number of aromatic hydroxyl groups is 1. The van der Waals surface area contributed by atoms with Gasteiger partial charge in [-0.15, -0.1) is 0 Å². The van der Waals surface area contributed by atoms with Gasteiger partial charge in [-0.05, 0) is 66.8 Å². The number of carbonyl (C=O) groups is 11. The number of phenolic OH excluding ortho intramolecular Hbond substituents is 1. The Kier molecular flexibility index (Phi) is 24.0. The first-order valence-corrected chi connectivity index (χ1v) is 24.9. The Morgan fingerprint density at radius 2 is 1.16 bits per heavy atom. The van der Waals surface area contributed by atoms with E-state index in [-0.39, 0.29) is 44.4 Å². The number of nitrogens with zero attached hydrogens (tertiary/aromatic N) is 1. The van der Waals surface area contributed by atoms with Crippen molar-refractivity contribution in [3.63, 3.8) is 0 Å². The number of rotatable bonds is 30. The fourth-order valence-corrected chi connectivity index (χ4v) is 8.27. The van der Waals surface area contributed by atoms with Gasteiger partial charge >= 0.3 is 11.9 Å². The number of likely N-dealkylation sites (tertiary alicyclic amines) is 1. The summed E-state index contributed by atoms with van der Waals surface area (Å²) in [5, 5.41) is 56.4. The molecule has 3 aromatic rings. The van der Waals surface area contributed by atoms with Gasteiger partial charge in [0.05, 0.1) is 19.2 Å². The highest BCUT2D eigenvalue weighted by atomic mass is 16.4. The molecule has 4 rings (SSSR count). The molecule has 1 aliphatic rings. The number of carboxylic acids is 2. The van der Waals surface area contributed by atoms with E-state index < -0.39 is 152 Å². The number of hydrogen-bond donors (Lipinski definition) is 13. The van der Waals surface area contributed by atoms with Crippen LogP contribution in [-0.2, 0) is 72.0 Å². The van der Waals surface area contributed by atoms with Gasteiger partial charge in [0.15, 0.2) is 0 Å². The number of hydrogen-bond acceptors (Lipinski definition) is 14. The third kappa shape index (κ3) is 20.0. The molecular weight excluding hydrogens is 1000 g/mol. The van der Waals surface area contributed by atoms with Crippen molar-refractivity contribution in [2.24, 2.45) is 17.4 Å². The van der Waals surface area contributed by atoms with E-state index in [1.807, 2.05) is 0 Å². The average molecular weight is 1070 g/mol. The van der Waals surface area contributed by atoms with Crippen molar-refractivity contribution in [2.45, 2.75) is 120 Å². The van der Waals surface area contributed by atoms with Gasteiger partial charge in [-0.3, -0.25) is 47.9 Å². The van der Waals surface area contributed by atoms with Crippen LogP contribution in [0.25, 0.3) is 0 Å². The highest BCUT2D eigenvalue weighted by molar-refractivity contribution is 5.98. The van der Waals surface area contributed by atoms with Gasteiger partial charge in [-0.25, -0.2) is 4.79 Å². The fraction of sp³-hybridized carbons (Fsp3) is 0.442. The topological polar surface area (TPSA) is 408 Å². The van der Waals surface area contributed by atoms with E-state index in [4.69, 9.17) is 11.5 Å². The van der Waals surface area contributed by atoms with Crippen LogP contribution in [0.15, 0.2) is 84.9 Å². The maximum absolute atomic E-state index is 14.0. The number of nitrogens with two attached hydrogens (primary N) is 2. The van der Waals surface area contributed by atoms with Crippen LogP contribution in [0.5, 0.6) is 5.75 Å². The molecule has 1 fully saturated rings. The van der Waals surface area contributed by atoms with Crippen LogP contribution in [0.1, 0.15) is 69.1 Å². The molecule has 1 saturated heterocycles. The van der Waals surface area contributed by atoms with Crippen molar-refractivity contribution in [2.75, 3.05) is 19.7 Å². The van der Waals surface area contributed by atoms with Crippen molar-refractivity contribution >= 4 is 65.1 Å². The van der Waals surface area contributed by atoms with E-state index in [2.05, 4.69) is 37.2 Å². The second-order valence-corrected chi connectivity index (χ2v) is 18.8. The van der Waals surface area contributed by atoms with Gasteiger partial charge in [-0.1, -0.05) is 86.6 Å². The lowest BCUT2D eigenvalue weighted by atomic mass is 9.99. The summed E-state index contributed by atoms with van der Waals surface area (Å²) in [5.41, 5.74) is 13.4. The highest BCUT2D eigenvalue weighted by Crippen LogP contribution is 2.21. The smallest absolute Gasteiger partial charge is 0.326 e. The Morgan fingerprint density at radius 3 is 1.73 bits per heavy atom. The van der Waals surface area contributed by atoms with Crippen LogP contribution in [0.4, 0.5) is 0 Å². The molecule has 3 aromatic carbocycles. The number of primary amides is 1. The van der Waals surface area contributed by atoms with Crippen LogP contribution in [0.3, 0.4) is 0 Å². The molecule has 0 aliphatic carbocycles. The van der Waals surface area contributed by atoms with E-state index in [0.717, 1.165) is 10.5 Å². The van der Waals surface area contributed by atoms with Crippen LogP contribution in [-0.4, -0.2) is 158 Å². The van der Waals surface area contributed by atoms with Gasteiger partial charge in [0.25, 0.3) is 0 Å². The Balaban J connectivity index is 1.44. The minimum atomic E-state index is -1.82. The summed E-state index contributed by atoms with van der Waals surface area (Å²) in [6.45, 7) is 1.37. The number of nitrogens with one attached hydrogen (secondary N) is 7. The minimum Gasteiger partial charge on any atom is -0.508 e. The monoisotopic (exact) mass is 1070 g/mol. The molecule has 0 aromatic heterocycles. The number of aliphatic carboxylic acids is 2. The molecule has 416 valence electrons. The number of aliphatic hydroxyl groups excluding tert-OH is 1. The van der Waals surface area contributed by atoms with E-state index in [9.17, 15) is 73.2 Å². The van der Waals surface area contributed by atoms with Crippen LogP contribution in [0, 0.1) is 5.92 Å². The van der Waals surface area contributed by atoms with Gasteiger partial charge in [0.2, 0.25) is 53.2 Å². The summed E-state index contributed by atoms with van der Waals surface area (Å²) in [6, 6.07) is 11.8. The third-order valence-electron chi connectivity index (χ3n) is 12.5. The predicted octanol–water partition coefficient (Wildman–Crippen LogP) is -2.37. The molecule has 0 unspecified atom stereocenters. The molecule has 0 radical (unpaired) electrons. The van der Waals surface area contributed by atoms with Crippen molar-refractivity contribution in [3.8, 4) is 5.75 Å². The zero-order valence-corrected chi connectivity index (χ0v) is 42.6. The summed E-state index contributed by atoms with van der Waals surface area (Å²) in [4.78, 5) is 146. The quantitative estimate of drug-likeness (QED) is 0.0332. The molecular formula is C52H68N10O15. The Hall–Kier alpha value is -8.45. The predicted molar refractivity (Wildman–Crippen MR) is 274 cm³/mol. The molecule has 0 saturated carbocycles. The van der Waals surface area contributed by atoms with Gasteiger partial charge in [0, 0.05) is 32.2 Å². The highest BCUT2D eigenvalue weighted by Gasteiger charge is 2.39. The maximum Gasteiger partial charge on any atom is 0.326 e. The summed E-state index contributed by atoms with van der Waals surface area (Å²) >= 11 is 0. The lowest BCUT2D eigenvalue weighted by Gasteiger charge is -2.29. The van der Waals surface area contributed by atoms with Crippen LogP contribution >= 0.6 is 0 Å². The zero-order chi connectivity index (χ0) is 56.8. The van der Waals surface area contributed by atoms with E-state index in [0.29, 0.717) is 17.5 Å². The van der Waals surface area contributed by atoms with Gasteiger partial charge in [-0.2, -0.15) is 0 Å². The fourth-order valence-electron chi connectivity index (χ4n) is 8.27. The number of amides is 9. The number of carboxylic acid groups (broad SMARTS) is 2. The lowest BCUT2D eigenvalue weighted by Crippen LogP contribution is -2.61. The molecule has 1 aliphatic heterocycles. The van der Waals surface area contributed by atoms with Crippen LogP contribution < -0.4 is 48.7 Å². The molecule has 77 heavy (non-hydrogen) atoms. The molecule has 0 bridgehead atoms. The molecule has 0 spiro atoms. The summed E-state index contributed by atoms with van der Waals surface area (Å²) in [6.07, 6.45) is -1.64. The van der Waals surface area contributed by atoms with E-state index in [1.165, 1.54) is 24.3 Å². The average Bonchev–Trinajstić information content (AvgIpc) is 3.90. The molecule has 15 N–H and O–H groups in total.